The van der Waals surface area contributed by atoms with E-state index in [-0.39, 0.29) is 10.6 Å². The molecule has 0 aliphatic heterocycles. The van der Waals surface area contributed by atoms with Crippen molar-refractivity contribution >= 4 is 28.3 Å². The van der Waals surface area contributed by atoms with Gasteiger partial charge in [-0.05, 0) is 18.9 Å². The normalized spacial score (nSPS) is 16.6. The summed E-state index contributed by atoms with van der Waals surface area (Å²) >= 11 is 6.01. The van der Waals surface area contributed by atoms with E-state index in [2.05, 4.69) is 9.55 Å². The first-order chi connectivity index (χ1) is 9.70. The highest BCUT2D eigenvalue weighted by molar-refractivity contribution is 6.16. The molecule has 0 radical (unpaired) electrons. The van der Waals surface area contributed by atoms with Crippen LogP contribution in [0, 0.1) is 10.1 Å². The average molecular weight is 294 g/mol. The Labute approximate surface area is 121 Å². The highest BCUT2D eigenvalue weighted by atomic mass is 35.5. The molecule has 0 unspecified atom stereocenters. The minimum absolute atomic E-state index is 0.0758. The highest BCUT2D eigenvalue weighted by Crippen LogP contribution is 2.33. The molecule has 1 aliphatic carbocycles. The molecule has 5 nitrogen and oxygen atoms in total. The first-order valence-corrected chi connectivity index (χ1v) is 7.45. The molecule has 1 aromatic carbocycles. The van der Waals surface area contributed by atoms with Gasteiger partial charge < -0.3 is 4.57 Å². The standard InChI is InChI=1S/C14H16ClN3O2/c15-9-14-16-12-8-11(18(19)20)6-7-13(12)17(14)10-4-2-1-3-5-10/h6-8,10H,1-5,9H2. The van der Waals surface area contributed by atoms with Crippen molar-refractivity contribution in [2.75, 3.05) is 0 Å². The molecule has 2 aromatic rings. The number of nitrogens with zero attached hydrogens (tertiary/aromatic N) is 3. The Morgan fingerprint density at radius 1 is 1.35 bits per heavy atom. The van der Waals surface area contributed by atoms with Crippen molar-refractivity contribution in [1.29, 1.82) is 0 Å². The topological polar surface area (TPSA) is 61.0 Å². The average Bonchev–Trinajstić information content (AvgIpc) is 2.85. The molecule has 20 heavy (non-hydrogen) atoms. The van der Waals surface area contributed by atoms with E-state index in [4.69, 9.17) is 11.6 Å². The number of nitro groups is 1. The molecular weight excluding hydrogens is 278 g/mol. The fourth-order valence-corrected chi connectivity index (χ4v) is 3.28. The summed E-state index contributed by atoms with van der Waals surface area (Å²) in [6, 6.07) is 5.29. The van der Waals surface area contributed by atoms with Crippen molar-refractivity contribution < 1.29 is 4.92 Å². The maximum atomic E-state index is 10.9. The lowest BCUT2D eigenvalue weighted by molar-refractivity contribution is -0.384. The molecular formula is C14H16ClN3O2. The van der Waals surface area contributed by atoms with E-state index in [0.29, 0.717) is 17.4 Å². The molecule has 0 atom stereocenters. The number of fused-ring (bicyclic) bond motifs is 1. The van der Waals surface area contributed by atoms with E-state index in [1.807, 2.05) is 0 Å². The van der Waals surface area contributed by atoms with Crippen LogP contribution in [0.15, 0.2) is 18.2 Å². The summed E-state index contributed by atoms with van der Waals surface area (Å²) in [7, 11) is 0. The van der Waals surface area contributed by atoms with E-state index < -0.39 is 0 Å². The quantitative estimate of drug-likeness (QED) is 0.484. The fourth-order valence-electron chi connectivity index (χ4n) is 3.09. The number of aromatic nitrogens is 2. The van der Waals surface area contributed by atoms with Crippen LogP contribution in [0.2, 0.25) is 0 Å². The number of non-ortho nitro benzene ring substituents is 1. The lowest BCUT2D eigenvalue weighted by Crippen LogP contribution is -2.14. The van der Waals surface area contributed by atoms with E-state index in [1.165, 1.54) is 25.3 Å². The summed E-state index contributed by atoms with van der Waals surface area (Å²) in [4.78, 5) is 14.9. The van der Waals surface area contributed by atoms with Crippen LogP contribution >= 0.6 is 11.6 Å². The number of halogens is 1. The summed E-state index contributed by atoms with van der Waals surface area (Å²) < 4.78 is 2.19. The van der Waals surface area contributed by atoms with Gasteiger partial charge in [0.15, 0.2) is 0 Å². The maximum absolute atomic E-state index is 10.9. The predicted molar refractivity (Wildman–Crippen MR) is 78.1 cm³/mol. The van der Waals surface area contributed by atoms with E-state index in [0.717, 1.165) is 24.2 Å². The number of benzene rings is 1. The minimum atomic E-state index is -0.389. The summed E-state index contributed by atoms with van der Waals surface area (Å²) in [5.74, 6) is 1.15. The Balaban J connectivity index is 2.11. The van der Waals surface area contributed by atoms with Gasteiger partial charge in [-0.2, -0.15) is 0 Å². The number of imidazole rings is 1. The Morgan fingerprint density at radius 2 is 2.10 bits per heavy atom. The van der Waals surface area contributed by atoms with Crippen LogP contribution in [-0.2, 0) is 5.88 Å². The van der Waals surface area contributed by atoms with Gasteiger partial charge in [0.05, 0.1) is 21.8 Å². The van der Waals surface area contributed by atoms with Crippen LogP contribution in [-0.4, -0.2) is 14.5 Å². The summed E-state index contributed by atoms with van der Waals surface area (Å²) in [5, 5.41) is 10.9. The second-order valence-electron chi connectivity index (χ2n) is 5.25. The molecule has 0 saturated heterocycles. The van der Waals surface area contributed by atoms with Crippen LogP contribution < -0.4 is 0 Å². The number of alkyl halides is 1. The van der Waals surface area contributed by atoms with Gasteiger partial charge in [0.2, 0.25) is 0 Å². The molecule has 1 saturated carbocycles. The van der Waals surface area contributed by atoms with Crippen molar-refractivity contribution in [2.45, 2.75) is 44.0 Å². The van der Waals surface area contributed by atoms with Gasteiger partial charge in [-0.25, -0.2) is 4.98 Å². The number of nitro benzene ring substituents is 1. The zero-order chi connectivity index (χ0) is 14.1. The van der Waals surface area contributed by atoms with E-state index >= 15 is 0 Å². The largest absolute Gasteiger partial charge is 0.324 e. The number of hydrogen-bond acceptors (Lipinski definition) is 3. The molecule has 0 bridgehead atoms. The summed E-state index contributed by atoms with van der Waals surface area (Å²) in [6.07, 6.45) is 5.99. The van der Waals surface area contributed by atoms with Gasteiger partial charge in [-0.15, -0.1) is 11.6 Å². The molecule has 1 fully saturated rings. The number of hydrogen-bond donors (Lipinski definition) is 0. The maximum Gasteiger partial charge on any atom is 0.271 e. The lowest BCUT2D eigenvalue weighted by Gasteiger charge is -2.25. The molecule has 6 heteroatoms. The minimum Gasteiger partial charge on any atom is -0.324 e. The first-order valence-electron chi connectivity index (χ1n) is 6.92. The summed E-state index contributed by atoms with van der Waals surface area (Å²) in [5.41, 5.74) is 1.70. The van der Waals surface area contributed by atoms with Crippen molar-refractivity contribution in [2.24, 2.45) is 0 Å². The highest BCUT2D eigenvalue weighted by Gasteiger charge is 2.22. The van der Waals surface area contributed by atoms with Crippen molar-refractivity contribution in [1.82, 2.24) is 9.55 Å². The molecule has 0 N–H and O–H groups in total. The van der Waals surface area contributed by atoms with Crippen LogP contribution in [0.25, 0.3) is 11.0 Å². The molecule has 1 heterocycles. The molecule has 0 spiro atoms. The SMILES string of the molecule is O=[N+]([O-])c1ccc2c(c1)nc(CCl)n2C1CCCCC1. The van der Waals surface area contributed by atoms with Crippen LogP contribution in [0.5, 0.6) is 0 Å². The molecule has 0 amide bonds. The molecule has 1 aromatic heterocycles. The monoisotopic (exact) mass is 293 g/mol. The van der Waals surface area contributed by atoms with Gasteiger partial charge in [0.1, 0.15) is 5.82 Å². The second-order valence-corrected chi connectivity index (χ2v) is 5.52. The van der Waals surface area contributed by atoms with Crippen LogP contribution in [0.3, 0.4) is 0 Å². The zero-order valence-corrected chi connectivity index (χ0v) is 11.8. The van der Waals surface area contributed by atoms with Gasteiger partial charge in [0, 0.05) is 18.2 Å². The third kappa shape index (κ3) is 2.26. The Morgan fingerprint density at radius 3 is 2.75 bits per heavy atom. The van der Waals surface area contributed by atoms with E-state index in [9.17, 15) is 10.1 Å². The van der Waals surface area contributed by atoms with Crippen molar-refractivity contribution in [3.63, 3.8) is 0 Å². The number of rotatable bonds is 3. The molecule has 3 rings (SSSR count). The van der Waals surface area contributed by atoms with Crippen molar-refractivity contribution in [3.05, 3.63) is 34.1 Å². The van der Waals surface area contributed by atoms with Gasteiger partial charge in [-0.1, -0.05) is 19.3 Å². The zero-order valence-electron chi connectivity index (χ0n) is 11.1. The van der Waals surface area contributed by atoms with E-state index in [1.54, 1.807) is 12.1 Å². The molecule has 1 aliphatic rings. The lowest BCUT2D eigenvalue weighted by atomic mass is 9.95. The van der Waals surface area contributed by atoms with Gasteiger partial charge >= 0.3 is 0 Å². The first kappa shape index (κ1) is 13.4. The third-order valence-electron chi connectivity index (χ3n) is 4.02. The summed E-state index contributed by atoms with van der Waals surface area (Å²) in [6.45, 7) is 0. The second kappa shape index (κ2) is 5.40. The Bertz CT molecular complexity index is 647. The van der Waals surface area contributed by atoms with Crippen molar-refractivity contribution in [3.8, 4) is 0 Å². The smallest absolute Gasteiger partial charge is 0.271 e. The third-order valence-corrected chi connectivity index (χ3v) is 4.26. The van der Waals surface area contributed by atoms with Gasteiger partial charge in [-0.3, -0.25) is 10.1 Å². The Hall–Kier alpha value is -1.62. The Kier molecular flexibility index (Phi) is 3.61. The van der Waals surface area contributed by atoms with Crippen LogP contribution in [0.1, 0.15) is 44.0 Å². The molecule has 106 valence electrons. The fraction of sp³-hybridized carbons (Fsp3) is 0.500. The van der Waals surface area contributed by atoms with Gasteiger partial charge in [0.25, 0.3) is 5.69 Å². The van der Waals surface area contributed by atoms with Crippen LogP contribution in [0.4, 0.5) is 5.69 Å². The predicted octanol–water partition coefficient (Wildman–Crippen LogP) is 4.19.